The smallest absolute Gasteiger partial charge is 0.253 e. The fourth-order valence-electron chi connectivity index (χ4n) is 7.72. The van der Waals surface area contributed by atoms with Crippen molar-refractivity contribution in [3.05, 3.63) is 73.8 Å². The first-order chi connectivity index (χ1) is 23.2. The van der Waals surface area contributed by atoms with E-state index in [1.807, 2.05) is 55.5 Å². The summed E-state index contributed by atoms with van der Waals surface area (Å²) in [5.41, 5.74) is 1.13. The average molecular weight is 724 g/mol. The van der Waals surface area contributed by atoms with E-state index in [-0.39, 0.29) is 55.2 Å². The number of aliphatic hydroxyl groups is 1. The van der Waals surface area contributed by atoms with Crippen LogP contribution in [0.25, 0.3) is 0 Å². The fraction of sp³-hybridized carbons (Fsp3) is 0.486. The number of carbonyl (C=O) groups excluding carboxylic acids is 3. The average Bonchev–Trinajstić information content (AvgIpc) is 3.69. The number of fused-ring (bicyclic) bond motifs is 1. The highest BCUT2D eigenvalue weighted by Crippen LogP contribution is 2.60. The zero-order valence-corrected chi connectivity index (χ0v) is 29.7. The van der Waals surface area contributed by atoms with Crippen molar-refractivity contribution >= 4 is 50.7 Å². The number of aliphatic hydroxyl groups excluding tert-OH is 1. The van der Waals surface area contributed by atoms with E-state index >= 15 is 0 Å². The van der Waals surface area contributed by atoms with Gasteiger partial charge in [-0.3, -0.25) is 14.4 Å². The molecule has 0 radical (unpaired) electrons. The van der Waals surface area contributed by atoms with Crippen LogP contribution >= 0.6 is 15.9 Å². The monoisotopic (exact) mass is 722 g/mol. The number of benzene rings is 2. The molecular formula is C37H47BrN4O6. The van der Waals surface area contributed by atoms with Crippen LogP contribution in [0.5, 0.6) is 5.75 Å². The molecule has 48 heavy (non-hydrogen) atoms. The van der Waals surface area contributed by atoms with E-state index in [1.54, 1.807) is 26.9 Å². The number of alkyl halides is 1. The zero-order valence-electron chi connectivity index (χ0n) is 28.1. The summed E-state index contributed by atoms with van der Waals surface area (Å²) >= 11 is 3.78. The van der Waals surface area contributed by atoms with Crippen LogP contribution in [0.1, 0.15) is 33.6 Å². The Kier molecular flexibility index (Phi) is 11.3. The van der Waals surface area contributed by atoms with E-state index in [0.717, 1.165) is 18.8 Å². The Bertz CT molecular complexity index is 1480. The van der Waals surface area contributed by atoms with Gasteiger partial charge in [0.25, 0.3) is 5.91 Å². The third kappa shape index (κ3) is 6.28. The largest absolute Gasteiger partial charge is 0.494 e. The third-order valence-electron chi connectivity index (χ3n) is 9.77. The number of hydrogen-bond acceptors (Lipinski definition) is 7. The van der Waals surface area contributed by atoms with Crippen molar-refractivity contribution in [2.45, 2.75) is 56.2 Å². The van der Waals surface area contributed by atoms with Gasteiger partial charge in [-0.1, -0.05) is 28.1 Å². The van der Waals surface area contributed by atoms with Crippen molar-refractivity contribution < 1.29 is 29.0 Å². The maximum absolute atomic E-state index is 14.8. The molecule has 3 heterocycles. The number of amides is 3. The highest BCUT2D eigenvalue weighted by Gasteiger charge is 2.77. The van der Waals surface area contributed by atoms with Crippen molar-refractivity contribution in [1.29, 1.82) is 0 Å². The Balaban J connectivity index is 1.53. The first-order valence-electron chi connectivity index (χ1n) is 16.9. The van der Waals surface area contributed by atoms with Gasteiger partial charge in [0.2, 0.25) is 11.8 Å². The summed E-state index contributed by atoms with van der Waals surface area (Å²) in [6.45, 7) is 16.6. The van der Waals surface area contributed by atoms with E-state index in [9.17, 15) is 19.5 Å². The van der Waals surface area contributed by atoms with E-state index in [4.69, 9.17) is 9.47 Å². The summed E-state index contributed by atoms with van der Waals surface area (Å²) < 4.78 is 12.4. The van der Waals surface area contributed by atoms with Crippen LogP contribution in [0.4, 0.5) is 17.1 Å². The second-order valence-corrected chi connectivity index (χ2v) is 13.5. The normalized spacial score (nSPS) is 25.5. The molecule has 1 spiro atoms. The van der Waals surface area contributed by atoms with Crippen LogP contribution in [-0.4, -0.2) is 96.2 Å². The lowest BCUT2D eigenvalue weighted by Crippen LogP contribution is -2.57. The lowest BCUT2D eigenvalue weighted by atomic mass is 9.70. The fourth-order valence-corrected chi connectivity index (χ4v) is 8.67. The van der Waals surface area contributed by atoms with Crippen LogP contribution in [0, 0.1) is 11.8 Å². The number of nitrogens with zero attached hydrogens (tertiary/aromatic N) is 4. The SMILES string of the molecule is C=CCN(C(=O)C1N(CCCO)C(=O)[C@@H]2[C@@H](C(=O)N(CC=C)c3ccc(OCC)cc3)[C@@H]3OC12CC3Br)c1ccc(N(CC)CC)cc1. The van der Waals surface area contributed by atoms with Crippen molar-refractivity contribution in [2.75, 3.05) is 60.6 Å². The Morgan fingerprint density at radius 2 is 1.54 bits per heavy atom. The molecule has 3 saturated heterocycles. The number of likely N-dealkylation sites (tertiary alicyclic amines) is 1. The highest BCUT2D eigenvalue weighted by atomic mass is 79.9. The Morgan fingerprint density at radius 1 is 0.979 bits per heavy atom. The van der Waals surface area contributed by atoms with Gasteiger partial charge < -0.3 is 34.2 Å². The van der Waals surface area contributed by atoms with Gasteiger partial charge in [0, 0.05) is 61.2 Å². The van der Waals surface area contributed by atoms with Crippen molar-refractivity contribution in [3.8, 4) is 5.75 Å². The molecule has 11 heteroatoms. The minimum Gasteiger partial charge on any atom is -0.494 e. The Hall–Kier alpha value is -3.67. The minimum absolute atomic E-state index is 0.149. The van der Waals surface area contributed by atoms with Gasteiger partial charge in [-0.2, -0.15) is 0 Å². The number of anilines is 3. The highest BCUT2D eigenvalue weighted by molar-refractivity contribution is 9.09. The van der Waals surface area contributed by atoms with Gasteiger partial charge in [-0.15, -0.1) is 13.2 Å². The summed E-state index contributed by atoms with van der Waals surface area (Å²) in [7, 11) is 0. The number of carbonyl (C=O) groups is 3. The van der Waals surface area contributed by atoms with Crippen molar-refractivity contribution in [2.24, 2.45) is 11.8 Å². The predicted molar refractivity (Wildman–Crippen MR) is 192 cm³/mol. The summed E-state index contributed by atoms with van der Waals surface area (Å²) in [4.78, 5) is 50.7. The molecule has 2 bridgehead atoms. The summed E-state index contributed by atoms with van der Waals surface area (Å²) in [6.07, 6.45) is 3.37. The van der Waals surface area contributed by atoms with Gasteiger partial charge in [-0.05, 0) is 82.1 Å². The Morgan fingerprint density at radius 3 is 2.08 bits per heavy atom. The van der Waals surface area contributed by atoms with E-state index in [2.05, 4.69) is 47.8 Å². The first kappa shape index (κ1) is 35.6. The first-order valence-corrected chi connectivity index (χ1v) is 17.8. The molecule has 10 nitrogen and oxygen atoms in total. The maximum atomic E-state index is 14.8. The molecule has 3 unspecified atom stereocenters. The number of hydrogen-bond donors (Lipinski definition) is 1. The van der Waals surface area contributed by atoms with Crippen LogP contribution in [0.2, 0.25) is 0 Å². The van der Waals surface area contributed by atoms with Gasteiger partial charge in [-0.25, -0.2) is 0 Å². The molecule has 3 fully saturated rings. The number of rotatable bonds is 16. The second kappa shape index (κ2) is 15.3. The molecule has 6 atom stereocenters. The molecule has 2 aromatic rings. The molecule has 0 aliphatic carbocycles. The quantitative estimate of drug-likeness (QED) is 0.196. The topological polar surface area (TPSA) is 103 Å². The lowest BCUT2D eigenvalue weighted by molar-refractivity contribution is -0.140. The molecule has 2 aromatic carbocycles. The standard InChI is InChI=1S/C37H47BrN4O6/c1-6-20-40(27-16-18-28(19-17-27)47-10-5)34(44)30-31-35(45)42(22-11-23-43)33(37(31)24-29(38)32(30)48-37)36(46)41(21-7-2)26-14-12-25(13-15-26)39(8-3)9-4/h6-7,12-19,29-33,43H,1-2,8-11,20-24H2,3-5H3/t29?,30-,31+,32-,33?,37?/m1/s1. The minimum atomic E-state index is -1.23. The van der Waals surface area contributed by atoms with Gasteiger partial charge in [0.15, 0.2) is 0 Å². The third-order valence-corrected chi connectivity index (χ3v) is 10.6. The molecule has 0 aromatic heterocycles. The van der Waals surface area contributed by atoms with Gasteiger partial charge in [0.05, 0.1) is 24.5 Å². The Labute approximate surface area is 292 Å². The van der Waals surface area contributed by atoms with Crippen molar-refractivity contribution in [3.63, 3.8) is 0 Å². The van der Waals surface area contributed by atoms with Crippen LogP contribution in [0.15, 0.2) is 73.8 Å². The molecule has 3 aliphatic heterocycles. The van der Waals surface area contributed by atoms with Gasteiger partial charge in [0.1, 0.15) is 17.4 Å². The van der Waals surface area contributed by atoms with Crippen molar-refractivity contribution in [1.82, 2.24) is 4.90 Å². The maximum Gasteiger partial charge on any atom is 0.253 e. The summed E-state index contributed by atoms with van der Waals surface area (Å²) in [5.74, 6) is -1.89. The second-order valence-electron chi connectivity index (χ2n) is 12.4. The lowest BCUT2D eigenvalue weighted by Gasteiger charge is -2.37. The molecule has 3 amide bonds. The molecule has 0 saturated carbocycles. The molecule has 3 aliphatic rings. The van der Waals surface area contributed by atoms with E-state index < -0.39 is 29.6 Å². The van der Waals surface area contributed by atoms with Crippen LogP contribution in [0.3, 0.4) is 0 Å². The molecular weight excluding hydrogens is 676 g/mol. The van der Waals surface area contributed by atoms with E-state index in [0.29, 0.717) is 30.2 Å². The summed E-state index contributed by atoms with van der Waals surface area (Å²) in [5, 5.41) is 9.78. The number of halogens is 1. The molecule has 5 rings (SSSR count). The predicted octanol–water partition coefficient (Wildman–Crippen LogP) is 4.80. The summed E-state index contributed by atoms with van der Waals surface area (Å²) in [6, 6.07) is 14.1. The molecule has 258 valence electrons. The van der Waals surface area contributed by atoms with Crippen LogP contribution in [-0.2, 0) is 19.1 Å². The van der Waals surface area contributed by atoms with E-state index in [1.165, 1.54) is 0 Å². The number of ether oxygens (including phenoxy) is 2. The molecule has 1 N–H and O–H groups in total. The van der Waals surface area contributed by atoms with Crippen LogP contribution < -0.4 is 19.4 Å². The zero-order chi connectivity index (χ0) is 34.6. The van der Waals surface area contributed by atoms with Gasteiger partial charge >= 0.3 is 0 Å².